The van der Waals surface area contributed by atoms with Crippen molar-refractivity contribution in [1.82, 2.24) is 5.32 Å². The van der Waals surface area contributed by atoms with Gasteiger partial charge in [-0.1, -0.05) is 0 Å². The van der Waals surface area contributed by atoms with Gasteiger partial charge in [0.05, 0.1) is 0 Å². The summed E-state index contributed by atoms with van der Waals surface area (Å²) in [4.78, 5) is 12.4. The molecular weight excluding hydrogens is 212 g/mol. The van der Waals surface area contributed by atoms with Crippen LogP contribution in [0.1, 0.15) is 38.5 Å². The molecule has 3 N–H and O–H groups in total. The second-order valence-corrected chi connectivity index (χ2v) is 6.97. The Morgan fingerprint density at radius 3 is 1.94 bits per heavy atom. The molecule has 5 rings (SSSR count). The van der Waals surface area contributed by atoms with Crippen LogP contribution >= 0.6 is 0 Å². The molecule has 5 fully saturated rings. The summed E-state index contributed by atoms with van der Waals surface area (Å²) in [6.07, 6.45) is 7.72. The second kappa shape index (κ2) is 3.47. The third-order valence-corrected chi connectivity index (χ3v) is 5.70. The summed E-state index contributed by atoms with van der Waals surface area (Å²) in [7, 11) is 0. The van der Waals surface area contributed by atoms with Gasteiger partial charge in [0.15, 0.2) is 0 Å². The third-order valence-electron chi connectivity index (χ3n) is 5.70. The van der Waals surface area contributed by atoms with Crippen LogP contribution in [0.5, 0.6) is 0 Å². The molecule has 0 spiro atoms. The highest BCUT2D eigenvalue weighted by Gasteiger charge is 2.51. The fourth-order valence-corrected chi connectivity index (χ4v) is 5.01. The molecule has 0 radical (unpaired) electrons. The minimum atomic E-state index is 0.232. The van der Waals surface area contributed by atoms with Crippen LogP contribution in [0.15, 0.2) is 0 Å². The molecule has 0 saturated heterocycles. The Morgan fingerprint density at radius 2 is 1.47 bits per heavy atom. The zero-order chi connectivity index (χ0) is 11.6. The van der Waals surface area contributed by atoms with Gasteiger partial charge in [-0.25, -0.2) is 0 Å². The lowest BCUT2D eigenvalue weighted by Crippen LogP contribution is -2.51. The van der Waals surface area contributed by atoms with Gasteiger partial charge >= 0.3 is 0 Å². The molecule has 5 saturated carbocycles. The smallest absolute Gasteiger partial charge is 0.223 e. The van der Waals surface area contributed by atoms with Gasteiger partial charge in [0.1, 0.15) is 0 Å². The molecule has 5 aliphatic rings. The lowest BCUT2D eigenvalue weighted by Gasteiger charge is -2.53. The second-order valence-electron chi connectivity index (χ2n) is 6.97. The van der Waals surface area contributed by atoms with E-state index in [4.69, 9.17) is 5.73 Å². The van der Waals surface area contributed by atoms with Gasteiger partial charge < -0.3 is 11.1 Å². The number of nitrogens with one attached hydrogen (secondary N) is 1. The Kier molecular flexibility index (Phi) is 2.11. The van der Waals surface area contributed by atoms with Gasteiger partial charge in [0.25, 0.3) is 0 Å². The van der Waals surface area contributed by atoms with Crippen molar-refractivity contribution < 1.29 is 4.79 Å². The molecule has 0 aromatic carbocycles. The SMILES string of the molecule is NC1CC1NC(=O)C1C2CC3CC(C2)CC1C3. The highest BCUT2D eigenvalue weighted by molar-refractivity contribution is 5.80. The zero-order valence-electron chi connectivity index (χ0n) is 10.3. The number of carbonyl (C=O) groups is 1. The first-order valence-corrected chi connectivity index (χ1v) is 7.26. The maximum absolute atomic E-state index is 12.4. The fourth-order valence-electron chi connectivity index (χ4n) is 5.01. The molecule has 1 amide bonds. The van der Waals surface area contributed by atoms with E-state index in [-0.39, 0.29) is 6.04 Å². The Hall–Kier alpha value is -0.570. The van der Waals surface area contributed by atoms with E-state index in [2.05, 4.69) is 5.32 Å². The molecule has 0 aromatic heterocycles. The van der Waals surface area contributed by atoms with E-state index in [1.807, 2.05) is 0 Å². The molecule has 94 valence electrons. The average molecular weight is 234 g/mol. The van der Waals surface area contributed by atoms with Gasteiger partial charge in [0.2, 0.25) is 5.91 Å². The lowest BCUT2D eigenvalue weighted by molar-refractivity contribution is -0.138. The number of hydrogen-bond acceptors (Lipinski definition) is 2. The lowest BCUT2D eigenvalue weighted by atomic mass is 9.51. The predicted molar refractivity (Wildman–Crippen MR) is 65.1 cm³/mol. The van der Waals surface area contributed by atoms with Crippen LogP contribution in [0.25, 0.3) is 0 Å². The van der Waals surface area contributed by atoms with Crippen LogP contribution in [-0.2, 0) is 4.79 Å². The van der Waals surface area contributed by atoms with Crippen molar-refractivity contribution in [3.8, 4) is 0 Å². The van der Waals surface area contributed by atoms with Crippen LogP contribution < -0.4 is 11.1 Å². The van der Waals surface area contributed by atoms with E-state index in [9.17, 15) is 4.79 Å². The van der Waals surface area contributed by atoms with Crippen molar-refractivity contribution in [1.29, 1.82) is 0 Å². The van der Waals surface area contributed by atoms with E-state index >= 15 is 0 Å². The van der Waals surface area contributed by atoms with Crippen LogP contribution in [-0.4, -0.2) is 18.0 Å². The summed E-state index contributed by atoms with van der Waals surface area (Å²) in [5.74, 6) is 3.95. The quantitative estimate of drug-likeness (QED) is 0.756. The van der Waals surface area contributed by atoms with Gasteiger partial charge in [-0.2, -0.15) is 0 Å². The normalized spacial score (nSPS) is 54.8. The van der Waals surface area contributed by atoms with E-state index in [1.165, 1.54) is 32.1 Å². The van der Waals surface area contributed by atoms with E-state index in [0.717, 1.165) is 18.3 Å². The summed E-state index contributed by atoms with van der Waals surface area (Å²) in [5.41, 5.74) is 5.77. The predicted octanol–water partition coefficient (Wildman–Crippen LogP) is 1.27. The van der Waals surface area contributed by atoms with Crippen molar-refractivity contribution in [3.63, 3.8) is 0 Å². The molecule has 3 nitrogen and oxygen atoms in total. The summed E-state index contributed by atoms with van der Waals surface area (Å²) < 4.78 is 0. The molecule has 0 heterocycles. The number of amides is 1. The Bertz CT molecular complexity index is 326. The zero-order valence-corrected chi connectivity index (χ0v) is 10.3. The van der Waals surface area contributed by atoms with Crippen LogP contribution in [0.4, 0.5) is 0 Å². The van der Waals surface area contributed by atoms with Crippen molar-refractivity contribution in [2.75, 3.05) is 0 Å². The molecule has 17 heavy (non-hydrogen) atoms. The minimum Gasteiger partial charge on any atom is -0.351 e. The van der Waals surface area contributed by atoms with Gasteiger partial charge in [-0.05, 0) is 62.2 Å². The van der Waals surface area contributed by atoms with E-state index in [1.54, 1.807) is 0 Å². The summed E-state index contributed by atoms with van der Waals surface area (Å²) >= 11 is 0. The topological polar surface area (TPSA) is 55.1 Å². The maximum Gasteiger partial charge on any atom is 0.223 e. The van der Waals surface area contributed by atoms with Crippen LogP contribution in [0.2, 0.25) is 0 Å². The number of carbonyl (C=O) groups excluding carboxylic acids is 1. The van der Waals surface area contributed by atoms with Crippen LogP contribution in [0, 0.1) is 29.6 Å². The highest BCUT2D eigenvalue weighted by Crippen LogP contribution is 2.56. The Morgan fingerprint density at radius 1 is 0.941 bits per heavy atom. The summed E-state index contributed by atoms with van der Waals surface area (Å²) in [6.45, 7) is 0. The molecule has 5 aliphatic carbocycles. The molecular formula is C14H22N2O. The molecule has 3 heteroatoms. The maximum atomic E-state index is 12.4. The number of hydrogen-bond donors (Lipinski definition) is 2. The molecule has 0 aliphatic heterocycles. The monoisotopic (exact) mass is 234 g/mol. The fraction of sp³-hybridized carbons (Fsp3) is 0.929. The first kappa shape index (κ1) is 10.4. The standard InChI is InChI=1S/C14H22N2O/c15-11-6-12(11)16-14(17)13-9-2-7-1-8(4-9)5-10(13)3-7/h7-13H,1-6,15H2,(H,16,17). The summed E-state index contributed by atoms with van der Waals surface area (Å²) in [5, 5.41) is 3.17. The number of rotatable bonds is 2. The first-order chi connectivity index (χ1) is 8.20. The largest absolute Gasteiger partial charge is 0.351 e. The highest BCUT2D eigenvalue weighted by atomic mass is 16.2. The van der Waals surface area contributed by atoms with Gasteiger partial charge in [-0.15, -0.1) is 0 Å². The first-order valence-electron chi connectivity index (χ1n) is 7.26. The van der Waals surface area contributed by atoms with Crippen molar-refractivity contribution in [3.05, 3.63) is 0 Å². The van der Waals surface area contributed by atoms with Gasteiger partial charge in [-0.3, -0.25) is 4.79 Å². The third kappa shape index (κ3) is 1.62. The number of nitrogens with two attached hydrogens (primary N) is 1. The van der Waals surface area contributed by atoms with Crippen molar-refractivity contribution in [2.45, 2.75) is 50.6 Å². The van der Waals surface area contributed by atoms with Crippen molar-refractivity contribution >= 4 is 5.91 Å². The van der Waals surface area contributed by atoms with E-state index < -0.39 is 0 Å². The Labute approximate surface area is 103 Å². The Balaban J connectivity index is 1.48. The minimum absolute atomic E-state index is 0.232. The average Bonchev–Trinajstić information content (AvgIpc) is 2.92. The molecule has 2 unspecified atom stereocenters. The molecule has 4 bridgehead atoms. The van der Waals surface area contributed by atoms with E-state index in [0.29, 0.717) is 29.7 Å². The summed E-state index contributed by atoms with van der Waals surface area (Å²) in [6, 6.07) is 0.524. The molecule has 2 atom stereocenters. The van der Waals surface area contributed by atoms with Crippen molar-refractivity contribution in [2.24, 2.45) is 35.3 Å². The van der Waals surface area contributed by atoms with Crippen LogP contribution in [0.3, 0.4) is 0 Å². The molecule has 0 aromatic rings. The van der Waals surface area contributed by atoms with Gasteiger partial charge in [0, 0.05) is 18.0 Å².